The van der Waals surface area contributed by atoms with E-state index in [9.17, 15) is 9.59 Å². The fraction of sp³-hybridized carbons (Fsp3) is 0.756. The lowest BCUT2D eigenvalue weighted by atomic mass is 10.1. The molecule has 0 bridgehead atoms. The van der Waals surface area contributed by atoms with Crippen molar-refractivity contribution in [2.45, 2.75) is 174 Å². The van der Waals surface area contributed by atoms with Crippen molar-refractivity contribution in [2.24, 2.45) is 0 Å². The van der Waals surface area contributed by atoms with Crippen LogP contribution in [0.1, 0.15) is 189 Å². The number of ether oxygens (including phenoxy) is 2. The van der Waals surface area contributed by atoms with E-state index in [2.05, 4.69) is 26.0 Å². The van der Waals surface area contributed by atoms with E-state index in [-0.39, 0.29) is 24.5 Å². The van der Waals surface area contributed by atoms with Crippen molar-refractivity contribution in [3.05, 3.63) is 47.5 Å². The molecule has 1 aliphatic heterocycles. The van der Waals surface area contributed by atoms with Gasteiger partial charge in [-0.2, -0.15) is 0 Å². The second-order valence-corrected chi connectivity index (χ2v) is 13.5. The van der Waals surface area contributed by atoms with Crippen molar-refractivity contribution < 1.29 is 19.1 Å². The lowest BCUT2D eigenvalue weighted by Gasteiger charge is -2.23. The summed E-state index contributed by atoms with van der Waals surface area (Å²) in [5, 5.41) is 0. The van der Waals surface area contributed by atoms with Crippen LogP contribution < -0.4 is 0 Å². The molecular weight excluding hydrogens is 570 g/mol. The molecule has 1 aromatic rings. The minimum absolute atomic E-state index is 0.221. The van der Waals surface area contributed by atoms with Gasteiger partial charge in [0.15, 0.2) is 0 Å². The van der Waals surface area contributed by atoms with Gasteiger partial charge in [0.05, 0.1) is 30.4 Å². The first-order valence-corrected chi connectivity index (χ1v) is 19.5. The van der Waals surface area contributed by atoms with Gasteiger partial charge in [-0.3, -0.25) is 14.5 Å². The fourth-order valence-electron chi connectivity index (χ4n) is 6.27. The van der Waals surface area contributed by atoms with Gasteiger partial charge >= 0.3 is 0 Å². The number of allylic oxidation sites excluding steroid dienone is 2. The zero-order valence-electron chi connectivity index (χ0n) is 29.9. The van der Waals surface area contributed by atoms with Gasteiger partial charge in [0.25, 0.3) is 11.8 Å². The zero-order chi connectivity index (χ0) is 32.9. The Kier molecular flexibility index (Phi) is 24.5. The molecule has 5 heteroatoms. The summed E-state index contributed by atoms with van der Waals surface area (Å²) in [5.74, 6) is -0.442. The van der Waals surface area contributed by atoms with Crippen LogP contribution in [0.2, 0.25) is 0 Å². The summed E-state index contributed by atoms with van der Waals surface area (Å²) in [6, 6.07) is 7.09. The van der Waals surface area contributed by atoms with Crippen LogP contribution in [-0.2, 0) is 9.47 Å². The maximum absolute atomic E-state index is 12.9. The Morgan fingerprint density at radius 1 is 0.565 bits per heavy atom. The lowest BCUT2D eigenvalue weighted by molar-refractivity contribution is -0.0286. The summed E-state index contributed by atoms with van der Waals surface area (Å²) in [5.41, 5.74) is 0.983. The van der Waals surface area contributed by atoms with Crippen LogP contribution in [0.15, 0.2) is 36.4 Å². The molecule has 1 atom stereocenters. The summed E-state index contributed by atoms with van der Waals surface area (Å²) >= 11 is 0. The van der Waals surface area contributed by atoms with E-state index in [1.807, 2.05) is 12.1 Å². The molecule has 0 fully saturated rings. The second-order valence-electron chi connectivity index (χ2n) is 13.5. The number of amides is 2. The Labute approximate surface area is 283 Å². The van der Waals surface area contributed by atoms with E-state index in [0.717, 1.165) is 19.3 Å². The Balaban J connectivity index is 1.57. The largest absolute Gasteiger partial charge is 0.379 e. The van der Waals surface area contributed by atoms with Crippen molar-refractivity contribution in [3.8, 4) is 0 Å². The highest BCUT2D eigenvalue weighted by molar-refractivity contribution is 6.21. The monoisotopic (exact) mass is 640 g/mol. The van der Waals surface area contributed by atoms with Gasteiger partial charge in [0.1, 0.15) is 0 Å². The van der Waals surface area contributed by atoms with Crippen LogP contribution in [0.3, 0.4) is 0 Å². The van der Waals surface area contributed by atoms with Crippen molar-refractivity contribution >= 4 is 11.8 Å². The number of carbonyl (C=O) groups is 2. The van der Waals surface area contributed by atoms with Crippen molar-refractivity contribution in [2.75, 3.05) is 26.4 Å². The molecule has 0 saturated heterocycles. The normalized spacial score (nSPS) is 13.7. The average Bonchev–Trinajstić information content (AvgIpc) is 3.31. The lowest BCUT2D eigenvalue weighted by Crippen LogP contribution is -2.40. The maximum atomic E-state index is 12.9. The number of unbranched alkanes of at least 4 members (excludes halogenated alkanes) is 21. The number of carbonyl (C=O) groups excluding carboxylic acids is 2. The van der Waals surface area contributed by atoms with Crippen LogP contribution in [0.4, 0.5) is 0 Å². The van der Waals surface area contributed by atoms with Crippen LogP contribution in [0, 0.1) is 0 Å². The molecule has 0 saturated carbocycles. The molecule has 1 unspecified atom stereocenters. The van der Waals surface area contributed by atoms with Crippen LogP contribution in [0.25, 0.3) is 0 Å². The number of hydrogen-bond acceptors (Lipinski definition) is 4. The Morgan fingerprint density at radius 3 is 1.46 bits per heavy atom. The van der Waals surface area contributed by atoms with Crippen LogP contribution in [0.5, 0.6) is 0 Å². The first-order valence-electron chi connectivity index (χ1n) is 19.5. The number of rotatable bonds is 32. The molecule has 262 valence electrons. The van der Waals surface area contributed by atoms with Gasteiger partial charge in [-0.15, -0.1) is 0 Å². The highest BCUT2D eigenvalue weighted by Gasteiger charge is 2.36. The fourth-order valence-corrected chi connectivity index (χ4v) is 6.27. The minimum atomic E-state index is -0.296. The van der Waals surface area contributed by atoms with Gasteiger partial charge < -0.3 is 9.47 Å². The molecule has 0 N–H and O–H groups in total. The molecule has 0 spiro atoms. The number of imide groups is 1. The molecule has 46 heavy (non-hydrogen) atoms. The number of benzene rings is 1. The first kappa shape index (κ1) is 40.2. The summed E-state index contributed by atoms with van der Waals surface area (Å²) in [6.07, 6.45) is 35.3. The van der Waals surface area contributed by atoms with E-state index >= 15 is 0 Å². The predicted octanol–water partition coefficient (Wildman–Crippen LogP) is 11.6. The van der Waals surface area contributed by atoms with Gasteiger partial charge in [-0.25, -0.2) is 0 Å². The topological polar surface area (TPSA) is 55.8 Å². The summed E-state index contributed by atoms with van der Waals surface area (Å²) in [6.45, 7) is 6.53. The Bertz CT molecular complexity index is 894. The third-order valence-corrected chi connectivity index (χ3v) is 9.22. The first-order chi connectivity index (χ1) is 22.7. The molecule has 0 aliphatic carbocycles. The smallest absolute Gasteiger partial charge is 0.261 e. The van der Waals surface area contributed by atoms with Crippen molar-refractivity contribution in [1.82, 2.24) is 4.90 Å². The van der Waals surface area contributed by atoms with Gasteiger partial charge in [-0.1, -0.05) is 154 Å². The molecule has 5 nitrogen and oxygen atoms in total. The minimum Gasteiger partial charge on any atom is -0.379 e. The van der Waals surface area contributed by atoms with Crippen LogP contribution >= 0.6 is 0 Å². The van der Waals surface area contributed by atoms with Crippen molar-refractivity contribution in [3.63, 3.8) is 0 Å². The standard InChI is InChI=1S/C41H69NO4/c1-3-5-7-9-11-13-15-16-17-18-19-20-21-23-25-29-33-45-36-37(46-34-30-26-24-22-14-12-10-8-6-4-2)35-42-40(43)38-31-27-28-32-39(38)41(42)44/h16-17,27-28,31-32,37H,3-15,18-26,29-30,33-36H2,1-2H3/b17-16-. The summed E-state index contributed by atoms with van der Waals surface area (Å²) < 4.78 is 12.3. The van der Waals surface area contributed by atoms with E-state index in [4.69, 9.17) is 9.47 Å². The summed E-state index contributed by atoms with van der Waals surface area (Å²) in [4.78, 5) is 27.2. The highest BCUT2D eigenvalue weighted by atomic mass is 16.5. The second kappa shape index (κ2) is 28.1. The van der Waals surface area contributed by atoms with Gasteiger partial charge in [0, 0.05) is 13.2 Å². The molecule has 1 aromatic carbocycles. The zero-order valence-corrected chi connectivity index (χ0v) is 29.9. The third kappa shape index (κ3) is 18.4. The van der Waals surface area contributed by atoms with Gasteiger partial charge in [-0.05, 0) is 50.7 Å². The SMILES string of the molecule is CCCCCCCC/C=C\CCCCCCCCOCC(CN1C(=O)c2ccccc2C1=O)OCCCCCCCCCCCC. The molecule has 0 aromatic heterocycles. The molecule has 1 aliphatic rings. The summed E-state index contributed by atoms with van der Waals surface area (Å²) in [7, 11) is 0. The molecular formula is C41H69NO4. The van der Waals surface area contributed by atoms with Gasteiger partial charge in [0.2, 0.25) is 0 Å². The average molecular weight is 640 g/mol. The third-order valence-electron chi connectivity index (χ3n) is 9.22. The maximum Gasteiger partial charge on any atom is 0.261 e. The van der Waals surface area contributed by atoms with E-state index < -0.39 is 0 Å². The molecule has 2 amide bonds. The highest BCUT2D eigenvalue weighted by Crippen LogP contribution is 2.23. The Morgan fingerprint density at radius 2 is 0.978 bits per heavy atom. The van der Waals surface area contributed by atoms with E-state index in [1.54, 1.807) is 12.1 Å². The Hall–Kier alpha value is -1.98. The number of hydrogen-bond donors (Lipinski definition) is 0. The molecule has 0 radical (unpaired) electrons. The van der Waals surface area contributed by atoms with E-state index in [1.165, 1.54) is 140 Å². The quantitative estimate of drug-likeness (QED) is 0.0447. The number of nitrogens with zero attached hydrogens (tertiary/aromatic N) is 1. The van der Waals surface area contributed by atoms with Crippen LogP contribution in [-0.4, -0.2) is 49.2 Å². The van der Waals surface area contributed by atoms with E-state index in [0.29, 0.717) is 30.9 Å². The molecule has 2 rings (SSSR count). The predicted molar refractivity (Wildman–Crippen MR) is 194 cm³/mol. The van der Waals surface area contributed by atoms with Crippen molar-refractivity contribution in [1.29, 1.82) is 0 Å². The molecule has 1 heterocycles. The number of fused-ring (bicyclic) bond motifs is 1.